The molecule has 4 N–H and O–H groups in total. The maximum absolute atomic E-state index is 12.9. The highest BCUT2D eigenvalue weighted by Gasteiger charge is 2.25. The minimum absolute atomic E-state index is 0.161. The van der Waals surface area contributed by atoms with Crippen LogP contribution in [0.15, 0.2) is 60.7 Å². The first-order valence-electron chi connectivity index (χ1n) is 10.0. The number of carboxylic acid groups (broad SMARTS) is 1. The van der Waals surface area contributed by atoms with Gasteiger partial charge in [-0.25, -0.2) is 4.79 Å². The second-order valence-electron chi connectivity index (χ2n) is 7.28. The molecule has 0 saturated carbocycles. The second-order valence-corrected chi connectivity index (χ2v) is 8.85. The van der Waals surface area contributed by atoms with Crippen LogP contribution in [-0.2, 0) is 32.5 Å². The van der Waals surface area contributed by atoms with Crippen LogP contribution in [-0.4, -0.2) is 54.3 Å². The van der Waals surface area contributed by atoms with E-state index in [1.807, 2.05) is 48.5 Å². The first-order valence-corrected chi connectivity index (χ1v) is 11.6. The van der Waals surface area contributed by atoms with Crippen LogP contribution >= 0.6 is 0 Å². The van der Waals surface area contributed by atoms with Gasteiger partial charge in [0, 0.05) is 6.42 Å². The Morgan fingerprint density at radius 2 is 1.35 bits per heavy atom. The second kappa shape index (κ2) is 12.2. The van der Waals surface area contributed by atoms with E-state index in [-0.39, 0.29) is 18.6 Å². The Morgan fingerprint density at radius 3 is 1.84 bits per heavy atom. The summed E-state index contributed by atoms with van der Waals surface area (Å²) in [5.74, 6) is -1.91. The van der Waals surface area contributed by atoms with Gasteiger partial charge in [-0.1, -0.05) is 60.7 Å². The van der Waals surface area contributed by atoms with Crippen molar-refractivity contribution in [3.05, 3.63) is 71.8 Å². The number of carbonyl (C=O) groups excluding carboxylic acids is 1. The molecule has 0 aliphatic rings. The van der Waals surface area contributed by atoms with Gasteiger partial charge in [0.2, 0.25) is 5.91 Å². The fraction of sp³-hybridized carbons (Fsp3) is 0.364. The van der Waals surface area contributed by atoms with E-state index in [2.05, 4.69) is 10.6 Å². The zero-order chi connectivity index (χ0) is 22.7. The van der Waals surface area contributed by atoms with Gasteiger partial charge in [0.15, 0.2) is 0 Å². The van der Waals surface area contributed by atoms with Crippen LogP contribution in [0.1, 0.15) is 24.0 Å². The van der Waals surface area contributed by atoms with Crippen molar-refractivity contribution in [1.29, 1.82) is 0 Å². The summed E-state index contributed by atoms with van der Waals surface area (Å²) in [6.07, 6.45) is 1.19. The van der Waals surface area contributed by atoms with Crippen molar-refractivity contribution < 1.29 is 27.7 Å². The minimum Gasteiger partial charge on any atom is -0.480 e. The lowest BCUT2D eigenvalue weighted by molar-refractivity contribution is -0.142. The lowest BCUT2D eigenvalue weighted by Gasteiger charge is -2.22. The molecule has 0 saturated heterocycles. The zero-order valence-electron chi connectivity index (χ0n) is 17.1. The Hall–Kier alpha value is -2.75. The molecule has 9 heteroatoms. The van der Waals surface area contributed by atoms with E-state index in [9.17, 15) is 23.1 Å². The molecule has 0 unspecified atom stereocenters. The Balaban J connectivity index is 2.01. The molecule has 2 aromatic carbocycles. The molecular weight excluding hydrogens is 420 g/mol. The topological polar surface area (TPSA) is 133 Å². The number of unbranched alkanes of at least 4 members (excludes halogenated alkanes) is 1. The Bertz CT molecular complexity index is 935. The molecule has 0 bridgehead atoms. The summed E-state index contributed by atoms with van der Waals surface area (Å²) in [7, 11) is -4.02. The van der Waals surface area contributed by atoms with Crippen molar-refractivity contribution in [2.24, 2.45) is 0 Å². The van der Waals surface area contributed by atoms with E-state index in [0.717, 1.165) is 11.1 Å². The fourth-order valence-corrected chi connectivity index (χ4v) is 3.68. The molecule has 0 fully saturated rings. The van der Waals surface area contributed by atoms with Gasteiger partial charge >= 0.3 is 5.97 Å². The maximum atomic E-state index is 12.9. The highest BCUT2D eigenvalue weighted by molar-refractivity contribution is 7.85. The number of benzene rings is 2. The molecule has 2 rings (SSSR count). The number of hydrogen-bond acceptors (Lipinski definition) is 5. The average Bonchev–Trinajstić information content (AvgIpc) is 2.72. The molecule has 0 radical (unpaired) electrons. The lowest BCUT2D eigenvalue weighted by atomic mass is 10.0. The molecular formula is C22H28N2O6S. The summed E-state index contributed by atoms with van der Waals surface area (Å²) in [6, 6.07) is 16.6. The highest BCUT2D eigenvalue weighted by atomic mass is 32.2. The number of amides is 1. The molecule has 0 heterocycles. The summed E-state index contributed by atoms with van der Waals surface area (Å²) >= 11 is 0. The van der Waals surface area contributed by atoms with E-state index >= 15 is 0 Å². The van der Waals surface area contributed by atoms with Crippen molar-refractivity contribution in [2.45, 2.75) is 37.8 Å². The highest BCUT2D eigenvalue weighted by Crippen LogP contribution is 2.07. The van der Waals surface area contributed by atoms with Gasteiger partial charge in [-0.05, 0) is 36.9 Å². The number of carboxylic acids is 1. The molecule has 2 atom stereocenters. The third kappa shape index (κ3) is 9.73. The molecule has 8 nitrogen and oxygen atoms in total. The number of carbonyl (C=O) groups is 2. The van der Waals surface area contributed by atoms with E-state index < -0.39 is 34.1 Å². The van der Waals surface area contributed by atoms with Crippen LogP contribution in [0.2, 0.25) is 0 Å². The maximum Gasteiger partial charge on any atom is 0.326 e. The first kappa shape index (κ1) is 24.5. The summed E-state index contributed by atoms with van der Waals surface area (Å²) in [5, 5.41) is 15.3. The Kier molecular flexibility index (Phi) is 9.64. The van der Waals surface area contributed by atoms with Gasteiger partial charge in [-0.2, -0.15) is 8.42 Å². The predicted molar refractivity (Wildman–Crippen MR) is 117 cm³/mol. The van der Waals surface area contributed by atoms with Gasteiger partial charge in [-0.3, -0.25) is 9.35 Å². The van der Waals surface area contributed by atoms with Crippen molar-refractivity contribution in [1.82, 2.24) is 10.6 Å². The Morgan fingerprint density at radius 1 is 0.839 bits per heavy atom. The van der Waals surface area contributed by atoms with Crippen molar-refractivity contribution in [3.8, 4) is 0 Å². The van der Waals surface area contributed by atoms with Crippen LogP contribution in [0, 0.1) is 0 Å². The van der Waals surface area contributed by atoms with Crippen LogP contribution in [0.4, 0.5) is 0 Å². The third-order valence-electron chi connectivity index (χ3n) is 4.72. The van der Waals surface area contributed by atoms with Crippen LogP contribution in [0.25, 0.3) is 0 Å². The van der Waals surface area contributed by atoms with Crippen LogP contribution < -0.4 is 10.6 Å². The van der Waals surface area contributed by atoms with Gasteiger partial charge < -0.3 is 15.7 Å². The molecule has 0 aliphatic heterocycles. The molecule has 0 spiro atoms. The number of rotatable bonds is 13. The smallest absolute Gasteiger partial charge is 0.326 e. The van der Waals surface area contributed by atoms with Crippen molar-refractivity contribution >= 4 is 22.0 Å². The summed E-state index contributed by atoms with van der Waals surface area (Å²) in [5.41, 5.74) is 1.70. The van der Waals surface area contributed by atoms with Gasteiger partial charge in [0.05, 0.1) is 11.8 Å². The summed E-state index contributed by atoms with van der Waals surface area (Å²) < 4.78 is 30.5. The molecule has 31 heavy (non-hydrogen) atoms. The van der Waals surface area contributed by atoms with Crippen LogP contribution in [0.3, 0.4) is 0 Å². The van der Waals surface area contributed by atoms with E-state index in [0.29, 0.717) is 19.4 Å². The average molecular weight is 449 g/mol. The van der Waals surface area contributed by atoms with Crippen LogP contribution in [0.5, 0.6) is 0 Å². The number of aliphatic carboxylic acids is 1. The molecule has 0 aliphatic carbocycles. The van der Waals surface area contributed by atoms with Crippen molar-refractivity contribution in [3.63, 3.8) is 0 Å². The third-order valence-corrected chi connectivity index (χ3v) is 5.52. The molecule has 0 aromatic heterocycles. The van der Waals surface area contributed by atoms with Gasteiger partial charge in [0.25, 0.3) is 10.1 Å². The zero-order valence-corrected chi connectivity index (χ0v) is 17.9. The first-order chi connectivity index (χ1) is 14.7. The SMILES string of the molecule is O=C(O)[C@@H](Cc1ccccc1)NC(=O)[C@@H](Cc1ccccc1)NCCCCS(=O)(=O)O. The fourth-order valence-electron chi connectivity index (χ4n) is 3.12. The molecule has 1 amide bonds. The van der Waals surface area contributed by atoms with E-state index in [1.165, 1.54) is 0 Å². The van der Waals surface area contributed by atoms with Crippen molar-refractivity contribution in [2.75, 3.05) is 12.3 Å². The van der Waals surface area contributed by atoms with Gasteiger partial charge in [-0.15, -0.1) is 0 Å². The Labute approximate surface area is 182 Å². The quantitative estimate of drug-likeness (QED) is 0.271. The predicted octanol–water partition coefficient (Wildman–Crippen LogP) is 1.67. The lowest BCUT2D eigenvalue weighted by Crippen LogP contribution is -2.52. The number of nitrogens with one attached hydrogen (secondary N) is 2. The summed E-state index contributed by atoms with van der Waals surface area (Å²) in [6.45, 7) is 0.344. The summed E-state index contributed by atoms with van der Waals surface area (Å²) in [4.78, 5) is 24.6. The molecule has 168 valence electrons. The van der Waals surface area contributed by atoms with Gasteiger partial charge in [0.1, 0.15) is 6.04 Å². The normalized spacial score (nSPS) is 13.3. The minimum atomic E-state index is -4.02. The number of hydrogen-bond donors (Lipinski definition) is 4. The monoisotopic (exact) mass is 448 g/mol. The molecule has 2 aromatic rings. The standard InChI is InChI=1S/C22H28N2O6S/c25-21(24-20(22(26)27)16-18-11-5-2-6-12-18)19(15-17-9-3-1-4-10-17)23-13-7-8-14-31(28,29)30/h1-6,9-12,19-20,23H,7-8,13-16H2,(H,24,25)(H,26,27)(H,28,29,30)/t19-,20-/m1/s1. The largest absolute Gasteiger partial charge is 0.480 e. The van der Waals surface area contributed by atoms with E-state index in [4.69, 9.17) is 4.55 Å². The van der Waals surface area contributed by atoms with E-state index in [1.54, 1.807) is 12.1 Å².